The second kappa shape index (κ2) is 7.23. The Morgan fingerprint density at radius 2 is 2.16 bits per heavy atom. The molecular weight excluding hydrogens is 289 g/mol. The van der Waals surface area contributed by atoms with Crippen molar-refractivity contribution in [3.05, 3.63) is 29.6 Å². The summed E-state index contributed by atoms with van der Waals surface area (Å²) in [5.41, 5.74) is -0.0292. The molecule has 108 valence electrons. The lowest BCUT2D eigenvalue weighted by Gasteiger charge is -2.14. The predicted octanol–water partition coefficient (Wildman–Crippen LogP) is 1.74. The standard InChI is InChI=1S/C12H18FNO3S2/c1-3-18-8-9(2)14-19(16,17)11-4-5-12(13)10(6-11)7-15/h4-6,9,14-15H,3,7-8H2,1-2H3. The summed E-state index contributed by atoms with van der Waals surface area (Å²) in [4.78, 5) is -0.0358. The number of hydrogen-bond donors (Lipinski definition) is 2. The van der Waals surface area contributed by atoms with E-state index in [-0.39, 0.29) is 16.5 Å². The van der Waals surface area contributed by atoms with Crippen LogP contribution in [0, 0.1) is 5.82 Å². The van der Waals surface area contributed by atoms with Gasteiger partial charge in [-0.15, -0.1) is 0 Å². The highest BCUT2D eigenvalue weighted by atomic mass is 32.2. The molecule has 1 rings (SSSR count). The first-order valence-electron chi connectivity index (χ1n) is 5.90. The number of aliphatic hydroxyl groups excluding tert-OH is 1. The average Bonchev–Trinajstić information content (AvgIpc) is 2.36. The minimum Gasteiger partial charge on any atom is -0.392 e. The Kier molecular flexibility index (Phi) is 6.25. The van der Waals surface area contributed by atoms with Gasteiger partial charge in [0.2, 0.25) is 10.0 Å². The molecule has 0 amide bonds. The normalized spacial score (nSPS) is 13.5. The topological polar surface area (TPSA) is 66.4 Å². The highest BCUT2D eigenvalue weighted by Crippen LogP contribution is 2.16. The number of benzene rings is 1. The summed E-state index contributed by atoms with van der Waals surface area (Å²) in [5.74, 6) is 0.970. The van der Waals surface area contributed by atoms with E-state index >= 15 is 0 Å². The second-order valence-corrected chi connectivity index (χ2v) is 7.13. The lowest BCUT2D eigenvalue weighted by molar-refractivity contribution is 0.275. The fraction of sp³-hybridized carbons (Fsp3) is 0.500. The Bertz CT molecular complexity index is 520. The lowest BCUT2D eigenvalue weighted by atomic mass is 10.2. The summed E-state index contributed by atoms with van der Waals surface area (Å²) in [5, 5.41) is 8.95. The van der Waals surface area contributed by atoms with Crippen LogP contribution in [0.5, 0.6) is 0 Å². The monoisotopic (exact) mass is 307 g/mol. The van der Waals surface area contributed by atoms with Crippen LogP contribution in [0.1, 0.15) is 19.4 Å². The van der Waals surface area contributed by atoms with Crippen molar-refractivity contribution >= 4 is 21.8 Å². The molecule has 0 aromatic heterocycles. The van der Waals surface area contributed by atoms with Crippen LogP contribution in [0.2, 0.25) is 0 Å². The molecule has 0 spiro atoms. The molecule has 4 nitrogen and oxygen atoms in total. The zero-order valence-corrected chi connectivity index (χ0v) is 12.5. The maximum atomic E-state index is 13.2. The first-order valence-corrected chi connectivity index (χ1v) is 8.53. The van der Waals surface area contributed by atoms with E-state index in [0.717, 1.165) is 17.9 Å². The van der Waals surface area contributed by atoms with Crippen LogP contribution in [0.15, 0.2) is 23.1 Å². The summed E-state index contributed by atoms with van der Waals surface area (Å²) in [6.07, 6.45) is 0. The van der Waals surface area contributed by atoms with Gasteiger partial charge in [-0.25, -0.2) is 17.5 Å². The quantitative estimate of drug-likeness (QED) is 0.805. The molecule has 0 aliphatic rings. The van der Waals surface area contributed by atoms with Crippen molar-refractivity contribution < 1.29 is 17.9 Å². The molecule has 0 radical (unpaired) electrons. The van der Waals surface area contributed by atoms with Gasteiger partial charge in [-0.1, -0.05) is 6.92 Å². The molecule has 1 atom stereocenters. The van der Waals surface area contributed by atoms with Gasteiger partial charge >= 0.3 is 0 Å². The zero-order valence-electron chi connectivity index (χ0n) is 10.9. The first kappa shape index (κ1) is 16.4. The fourth-order valence-electron chi connectivity index (χ4n) is 1.50. The summed E-state index contributed by atoms with van der Waals surface area (Å²) in [6, 6.07) is 3.18. The van der Waals surface area contributed by atoms with Gasteiger partial charge in [0.15, 0.2) is 0 Å². The molecule has 0 heterocycles. The number of nitrogens with one attached hydrogen (secondary N) is 1. The van der Waals surface area contributed by atoms with Crippen molar-refractivity contribution in [2.24, 2.45) is 0 Å². The minimum atomic E-state index is -3.68. The van der Waals surface area contributed by atoms with Gasteiger partial charge in [-0.2, -0.15) is 11.8 Å². The van der Waals surface area contributed by atoms with Crippen LogP contribution < -0.4 is 4.72 Å². The van der Waals surface area contributed by atoms with E-state index in [4.69, 9.17) is 5.11 Å². The fourth-order valence-corrected chi connectivity index (χ4v) is 3.57. The second-order valence-electron chi connectivity index (χ2n) is 4.09. The minimum absolute atomic E-state index is 0.0292. The van der Waals surface area contributed by atoms with Crippen molar-refractivity contribution in [3.63, 3.8) is 0 Å². The van der Waals surface area contributed by atoms with Gasteiger partial charge < -0.3 is 5.11 Å². The van der Waals surface area contributed by atoms with Gasteiger partial charge in [-0.05, 0) is 30.9 Å². The highest BCUT2D eigenvalue weighted by Gasteiger charge is 2.18. The number of halogens is 1. The van der Waals surface area contributed by atoms with Crippen molar-refractivity contribution in [1.29, 1.82) is 0 Å². The molecule has 0 fully saturated rings. The van der Waals surface area contributed by atoms with Crippen LogP contribution >= 0.6 is 11.8 Å². The van der Waals surface area contributed by atoms with E-state index in [0.29, 0.717) is 5.75 Å². The SMILES string of the molecule is CCSCC(C)NS(=O)(=O)c1ccc(F)c(CO)c1. The number of hydrogen-bond acceptors (Lipinski definition) is 4. The van der Waals surface area contributed by atoms with Crippen LogP contribution in [0.3, 0.4) is 0 Å². The Morgan fingerprint density at radius 3 is 2.74 bits per heavy atom. The molecular formula is C12H18FNO3S2. The van der Waals surface area contributed by atoms with Gasteiger partial charge in [0.1, 0.15) is 5.82 Å². The molecule has 0 saturated heterocycles. The van der Waals surface area contributed by atoms with Crippen LogP contribution in [-0.4, -0.2) is 31.1 Å². The molecule has 0 saturated carbocycles. The maximum absolute atomic E-state index is 13.2. The predicted molar refractivity (Wildman–Crippen MR) is 75.1 cm³/mol. The lowest BCUT2D eigenvalue weighted by Crippen LogP contribution is -2.34. The summed E-state index contributed by atoms with van der Waals surface area (Å²) < 4.78 is 39.9. The highest BCUT2D eigenvalue weighted by molar-refractivity contribution is 7.99. The molecule has 0 aliphatic heterocycles. The molecule has 1 unspecified atom stereocenters. The molecule has 1 aromatic carbocycles. The van der Waals surface area contributed by atoms with Crippen LogP contribution in [0.4, 0.5) is 4.39 Å². The average molecular weight is 307 g/mol. The van der Waals surface area contributed by atoms with Crippen LogP contribution in [0.25, 0.3) is 0 Å². The van der Waals surface area contributed by atoms with Crippen molar-refractivity contribution in [2.75, 3.05) is 11.5 Å². The van der Waals surface area contributed by atoms with Gasteiger partial charge in [-0.3, -0.25) is 0 Å². The van der Waals surface area contributed by atoms with E-state index < -0.39 is 22.4 Å². The Morgan fingerprint density at radius 1 is 1.47 bits per heavy atom. The summed E-state index contributed by atoms with van der Waals surface area (Å²) in [6.45, 7) is 3.24. The molecule has 7 heteroatoms. The third kappa shape index (κ3) is 4.76. The summed E-state index contributed by atoms with van der Waals surface area (Å²) >= 11 is 1.64. The number of aliphatic hydroxyl groups is 1. The van der Waals surface area contributed by atoms with Crippen LogP contribution in [-0.2, 0) is 16.6 Å². The third-order valence-electron chi connectivity index (χ3n) is 2.43. The van der Waals surface area contributed by atoms with Gasteiger partial charge in [0, 0.05) is 17.4 Å². The Hall–Kier alpha value is -0.630. The largest absolute Gasteiger partial charge is 0.392 e. The van der Waals surface area contributed by atoms with E-state index in [1.165, 1.54) is 6.07 Å². The van der Waals surface area contributed by atoms with Crippen molar-refractivity contribution in [1.82, 2.24) is 4.72 Å². The Balaban J connectivity index is 2.88. The van der Waals surface area contributed by atoms with Crippen molar-refractivity contribution in [2.45, 2.75) is 31.4 Å². The van der Waals surface area contributed by atoms with Crippen molar-refractivity contribution in [3.8, 4) is 0 Å². The zero-order chi connectivity index (χ0) is 14.5. The Labute approximate surface area is 117 Å². The third-order valence-corrected chi connectivity index (χ3v) is 5.16. The number of sulfonamides is 1. The number of rotatable bonds is 7. The van der Waals surface area contributed by atoms with Gasteiger partial charge in [0.25, 0.3) is 0 Å². The van der Waals surface area contributed by atoms with Gasteiger partial charge in [0.05, 0.1) is 11.5 Å². The number of thioether (sulfide) groups is 1. The first-order chi connectivity index (χ1) is 8.90. The van der Waals surface area contributed by atoms with E-state index in [2.05, 4.69) is 4.72 Å². The summed E-state index contributed by atoms with van der Waals surface area (Å²) in [7, 11) is -3.68. The molecule has 2 N–H and O–H groups in total. The molecule has 0 bridgehead atoms. The molecule has 1 aromatic rings. The smallest absolute Gasteiger partial charge is 0.240 e. The van der Waals surface area contributed by atoms with E-state index in [1.807, 2.05) is 6.92 Å². The maximum Gasteiger partial charge on any atom is 0.240 e. The van der Waals surface area contributed by atoms with E-state index in [1.54, 1.807) is 18.7 Å². The van der Waals surface area contributed by atoms with E-state index in [9.17, 15) is 12.8 Å². The molecule has 19 heavy (non-hydrogen) atoms. The molecule has 0 aliphatic carbocycles.